The van der Waals surface area contributed by atoms with Gasteiger partial charge < -0.3 is 10.4 Å². The Morgan fingerprint density at radius 1 is 1.56 bits per heavy atom. The predicted octanol–water partition coefficient (Wildman–Crippen LogP) is 1.66. The third kappa shape index (κ3) is 4.02. The summed E-state index contributed by atoms with van der Waals surface area (Å²) in [7, 11) is 0. The van der Waals surface area contributed by atoms with Crippen molar-refractivity contribution < 1.29 is 14.7 Å². The highest BCUT2D eigenvalue weighted by molar-refractivity contribution is 7.07. The van der Waals surface area contributed by atoms with Crippen molar-refractivity contribution in [2.45, 2.75) is 32.2 Å². The number of carboxylic acid groups (broad SMARTS) is 1. The van der Waals surface area contributed by atoms with E-state index in [1.54, 1.807) is 0 Å². The molecule has 0 bridgehead atoms. The zero-order valence-electron chi connectivity index (χ0n) is 9.10. The van der Waals surface area contributed by atoms with E-state index in [1.807, 2.05) is 23.8 Å². The molecule has 16 heavy (non-hydrogen) atoms. The Hall–Kier alpha value is -1.36. The third-order valence-corrected chi connectivity index (χ3v) is 2.89. The molecule has 2 N–H and O–H groups in total. The van der Waals surface area contributed by atoms with Gasteiger partial charge in [0.05, 0.1) is 6.42 Å². The summed E-state index contributed by atoms with van der Waals surface area (Å²) in [6, 6.07) is 1.09. The molecule has 1 aromatic heterocycles. The summed E-state index contributed by atoms with van der Waals surface area (Å²) >= 11 is 1.52. The van der Waals surface area contributed by atoms with Crippen LogP contribution in [0.4, 0.5) is 0 Å². The molecule has 5 heteroatoms. The minimum absolute atomic E-state index is 0.237. The van der Waals surface area contributed by atoms with Gasteiger partial charge in [-0.2, -0.15) is 11.3 Å². The highest BCUT2D eigenvalue weighted by Crippen LogP contribution is 2.07. The number of aliphatic carboxylic acids is 1. The van der Waals surface area contributed by atoms with Crippen LogP contribution in [0.2, 0.25) is 0 Å². The molecule has 0 fully saturated rings. The van der Waals surface area contributed by atoms with Crippen LogP contribution in [0.1, 0.15) is 25.3 Å². The second-order valence-electron chi connectivity index (χ2n) is 3.56. The fourth-order valence-electron chi connectivity index (χ4n) is 1.37. The zero-order valence-corrected chi connectivity index (χ0v) is 9.92. The molecule has 0 saturated heterocycles. The smallest absolute Gasteiger partial charge is 0.326 e. The van der Waals surface area contributed by atoms with E-state index in [4.69, 9.17) is 5.11 Å². The Morgan fingerprint density at radius 2 is 2.31 bits per heavy atom. The molecular formula is C11H15NO3S. The van der Waals surface area contributed by atoms with Gasteiger partial charge in [0.25, 0.3) is 0 Å². The van der Waals surface area contributed by atoms with Crippen LogP contribution in [0.3, 0.4) is 0 Å². The second-order valence-corrected chi connectivity index (χ2v) is 4.34. The fourth-order valence-corrected chi connectivity index (χ4v) is 2.04. The van der Waals surface area contributed by atoms with E-state index in [9.17, 15) is 9.59 Å². The summed E-state index contributed by atoms with van der Waals surface area (Å²) in [4.78, 5) is 22.3. The molecule has 1 atom stereocenters. The van der Waals surface area contributed by atoms with Crippen LogP contribution in [0.5, 0.6) is 0 Å². The molecule has 0 aliphatic carbocycles. The van der Waals surface area contributed by atoms with Crippen molar-refractivity contribution in [2.24, 2.45) is 0 Å². The van der Waals surface area contributed by atoms with E-state index >= 15 is 0 Å². The maximum atomic E-state index is 11.5. The summed E-state index contributed by atoms with van der Waals surface area (Å²) in [6.45, 7) is 1.89. The molecular weight excluding hydrogens is 226 g/mol. The van der Waals surface area contributed by atoms with Crippen LogP contribution in [0, 0.1) is 0 Å². The van der Waals surface area contributed by atoms with Crippen molar-refractivity contribution in [3.05, 3.63) is 22.4 Å². The Bertz CT molecular complexity index is 348. The van der Waals surface area contributed by atoms with E-state index in [1.165, 1.54) is 11.3 Å². The summed E-state index contributed by atoms with van der Waals surface area (Å²) in [5.74, 6) is -1.21. The molecule has 1 amide bonds. The molecule has 1 heterocycles. The number of hydrogen-bond acceptors (Lipinski definition) is 3. The number of carbonyl (C=O) groups is 2. The molecule has 1 aromatic rings. The number of thiophene rings is 1. The van der Waals surface area contributed by atoms with Crippen molar-refractivity contribution >= 4 is 23.2 Å². The molecule has 4 nitrogen and oxygen atoms in total. The van der Waals surface area contributed by atoms with Gasteiger partial charge in [-0.25, -0.2) is 4.79 Å². The Balaban J connectivity index is 2.45. The number of amides is 1. The van der Waals surface area contributed by atoms with Gasteiger partial charge in [0.1, 0.15) is 6.04 Å². The van der Waals surface area contributed by atoms with Gasteiger partial charge in [-0.3, -0.25) is 4.79 Å². The van der Waals surface area contributed by atoms with Crippen LogP contribution >= 0.6 is 11.3 Å². The normalized spacial score (nSPS) is 12.1. The lowest BCUT2D eigenvalue weighted by Gasteiger charge is -2.12. The molecule has 88 valence electrons. The Morgan fingerprint density at radius 3 is 2.81 bits per heavy atom. The number of carboxylic acids is 1. The van der Waals surface area contributed by atoms with Crippen molar-refractivity contribution in [3.8, 4) is 0 Å². The number of rotatable bonds is 6. The SMILES string of the molecule is CCC[C@H](NC(=O)Cc1ccsc1)C(=O)O. The minimum atomic E-state index is -0.972. The third-order valence-electron chi connectivity index (χ3n) is 2.16. The van der Waals surface area contributed by atoms with Crippen LogP contribution in [0.15, 0.2) is 16.8 Å². The van der Waals surface area contributed by atoms with Crippen molar-refractivity contribution in [3.63, 3.8) is 0 Å². The molecule has 0 aromatic carbocycles. The fraction of sp³-hybridized carbons (Fsp3) is 0.455. The molecule has 0 aliphatic heterocycles. The van der Waals surface area contributed by atoms with Gasteiger partial charge in [0, 0.05) is 0 Å². The lowest BCUT2D eigenvalue weighted by atomic mass is 10.1. The van der Waals surface area contributed by atoms with Gasteiger partial charge >= 0.3 is 5.97 Å². The van der Waals surface area contributed by atoms with E-state index in [2.05, 4.69) is 5.32 Å². The maximum absolute atomic E-state index is 11.5. The van der Waals surface area contributed by atoms with Gasteiger partial charge in [-0.05, 0) is 28.8 Å². The monoisotopic (exact) mass is 241 g/mol. The first-order valence-corrected chi connectivity index (χ1v) is 6.11. The van der Waals surface area contributed by atoms with E-state index in [0.717, 1.165) is 12.0 Å². The van der Waals surface area contributed by atoms with Gasteiger partial charge in [0.2, 0.25) is 5.91 Å². The van der Waals surface area contributed by atoms with E-state index in [0.29, 0.717) is 6.42 Å². The van der Waals surface area contributed by atoms with Crippen LogP contribution in [-0.4, -0.2) is 23.0 Å². The predicted molar refractivity (Wildman–Crippen MR) is 62.5 cm³/mol. The summed E-state index contributed by atoms with van der Waals surface area (Å²) < 4.78 is 0. The first kappa shape index (κ1) is 12.7. The average Bonchev–Trinajstić information content (AvgIpc) is 2.69. The quantitative estimate of drug-likeness (QED) is 0.796. The molecule has 1 rings (SSSR count). The van der Waals surface area contributed by atoms with Gasteiger partial charge in [-0.1, -0.05) is 13.3 Å². The highest BCUT2D eigenvalue weighted by Gasteiger charge is 2.18. The molecule has 0 spiro atoms. The minimum Gasteiger partial charge on any atom is -0.480 e. The average molecular weight is 241 g/mol. The Kier molecular flexibility index (Phi) is 4.98. The van der Waals surface area contributed by atoms with Crippen molar-refractivity contribution in [1.82, 2.24) is 5.32 Å². The lowest BCUT2D eigenvalue weighted by Crippen LogP contribution is -2.41. The first-order chi connectivity index (χ1) is 7.63. The van der Waals surface area contributed by atoms with Gasteiger partial charge in [-0.15, -0.1) is 0 Å². The van der Waals surface area contributed by atoms with Crippen LogP contribution < -0.4 is 5.32 Å². The van der Waals surface area contributed by atoms with E-state index in [-0.39, 0.29) is 12.3 Å². The summed E-state index contributed by atoms with van der Waals surface area (Å²) in [6.07, 6.45) is 1.44. The summed E-state index contributed by atoms with van der Waals surface area (Å²) in [5.41, 5.74) is 0.920. The Labute approximate surface area is 98.3 Å². The molecule has 0 aliphatic rings. The van der Waals surface area contributed by atoms with Gasteiger partial charge in [0.15, 0.2) is 0 Å². The second kappa shape index (κ2) is 6.27. The first-order valence-electron chi connectivity index (χ1n) is 5.16. The number of hydrogen-bond donors (Lipinski definition) is 2. The highest BCUT2D eigenvalue weighted by atomic mass is 32.1. The van der Waals surface area contributed by atoms with Crippen molar-refractivity contribution in [2.75, 3.05) is 0 Å². The summed E-state index contributed by atoms with van der Waals surface area (Å²) in [5, 5.41) is 15.2. The number of nitrogens with one attached hydrogen (secondary N) is 1. The molecule has 0 saturated carbocycles. The lowest BCUT2D eigenvalue weighted by molar-refractivity contribution is -0.141. The largest absolute Gasteiger partial charge is 0.480 e. The zero-order chi connectivity index (χ0) is 12.0. The van der Waals surface area contributed by atoms with Crippen LogP contribution in [-0.2, 0) is 16.0 Å². The topological polar surface area (TPSA) is 66.4 Å². The molecule has 0 unspecified atom stereocenters. The van der Waals surface area contributed by atoms with Crippen molar-refractivity contribution in [1.29, 1.82) is 0 Å². The number of carbonyl (C=O) groups excluding carboxylic acids is 1. The molecule has 0 radical (unpaired) electrons. The standard InChI is InChI=1S/C11H15NO3S/c1-2-3-9(11(14)15)12-10(13)6-8-4-5-16-7-8/h4-5,7,9H,2-3,6H2,1H3,(H,12,13)(H,14,15)/t9-/m0/s1. The maximum Gasteiger partial charge on any atom is 0.326 e. The van der Waals surface area contributed by atoms with Crippen LogP contribution in [0.25, 0.3) is 0 Å². The van der Waals surface area contributed by atoms with E-state index < -0.39 is 12.0 Å².